The zero-order chi connectivity index (χ0) is 31.1. The second-order valence-electron chi connectivity index (χ2n) is 14.3. The van der Waals surface area contributed by atoms with Gasteiger partial charge in [-0.25, -0.2) is 4.79 Å². The molecule has 4 rings (SSSR count). The zero-order valence-electron chi connectivity index (χ0n) is 25.9. The van der Waals surface area contributed by atoms with E-state index in [-0.39, 0.29) is 61.3 Å². The Hall–Kier alpha value is -2.52. The number of rotatable bonds is 9. The molecule has 0 aromatic carbocycles. The van der Waals surface area contributed by atoms with Crippen LogP contribution in [0, 0.1) is 34.5 Å². The summed E-state index contributed by atoms with van der Waals surface area (Å²) in [5.74, 6) is -0.781. The lowest BCUT2D eigenvalue weighted by Crippen LogP contribution is -2.62. The molecule has 0 saturated heterocycles. The number of ether oxygens (including phenoxy) is 3. The molecule has 0 radical (unpaired) electrons. The first-order valence-electron chi connectivity index (χ1n) is 15.4. The molecule has 3 fully saturated rings. The first kappa shape index (κ1) is 32.4. The van der Waals surface area contributed by atoms with Crippen molar-refractivity contribution in [3.05, 3.63) is 23.8 Å². The van der Waals surface area contributed by atoms with Crippen molar-refractivity contribution >= 4 is 23.7 Å². The number of aliphatic hydroxyl groups excluding tert-OH is 1. The fraction of sp³-hybridized carbons (Fsp3) is 0.758. The highest BCUT2D eigenvalue weighted by molar-refractivity contribution is 6.01. The van der Waals surface area contributed by atoms with E-state index in [4.69, 9.17) is 14.2 Å². The number of hydrogen-bond donors (Lipinski definition) is 2. The van der Waals surface area contributed by atoms with Gasteiger partial charge < -0.3 is 24.4 Å². The summed E-state index contributed by atoms with van der Waals surface area (Å²) in [5, 5.41) is 23.4. The zero-order valence-corrected chi connectivity index (χ0v) is 25.9. The number of ketones is 2. The largest absolute Gasteiger partial charge is 0.508 e. The Morgan fingerprint density at radius 1 is 1.10 bits per heavy atom. The summed E-state index contributed by atoms with van der Waals surface area (Å²) in [6.45, 7) is 11.0. The number of esters is 1. The van der Waals surface area contributed by atoms with E-state index in [2.05, 4.69) is 13.8 Å². The molecule has 4 aliphatic rings. The van der Waals surface area contributed by atoms with Crippen LogP contribution in [-0.2, 0) is 28.6 Å². The van der Waals surface area contributed by atoms with E-state index in [1.54, 1.807) is 12.2 Å². The van der Waals surface area contributed by atoms with Crippen molar-refractivity contribution in [3.63, 3.8) is 0 Å². The van der Waals surface area contributed by atoms with Gasteiger partial charge in [0.25, 0.3) is 0 Å². The van der Waals surface area contributed by atoms with Crippen LogP contribution in [-0.4, -0.2) is 64.4 Å². The number of Topliss-reactive ketones (excluding diaryl/α,β-unsaturated/α-hetero) is 1. The van der Waals surface area contributed by atoms with Gasteiger partial charge in [-0.15, -0.1) is 0 Å². The van der Waals surface area contributed by atoms with Crippen LogP contribution in [0.2, 0.25) is 0 Å². The molecule has 9 heteroatoms. The minimum Gasteiger partial charge on any atom is -0.460 e. The maximum atomic E-state index is 13.4. The summed E-state index contributed by atoms with van der Waals surface area (Å²) in [7, 11) is 0. The maximum absolute atomic E-state index is 13.4. The van der Waals surface area contributed by atoms with Gasteiger partial charge in [0, 0.05) is 23.2 Å². The summed E-state index contributed by atoms with van der Waals surface area (Å²) >= 11 is 0. The first-order valence-corrected chi connectivity index (χ1v) is 15.4. The van der Waals surface area contributed by atoms with Gasteiger partial charge >= 0.3 is 12.1 Å². The van der Waals surface area contributed by atoms with Crippen LogP contribution in [0.25, 0.3) is 0 Å². The standard InChI is InChI=1S/C33H48O9/c1-20-16-22-23-12-14-33(39,32(23,6)18-25(35)28(22)31(5)13-11-21(34)17-24(20)31)26(36)19-41-29(38)40-15-9-7-8-10-27(37)42-30(2,3)4/h11,13,17,20,22-23,25,28,35,39H,7-10,12,14-16,18-19H2,1-6H3/t20-,22-,23-,25-,28+,31-,32-,33-/m0/s1. The molecule has 0 heterocycles. The monoisotopic (exact) mass is 588 g/mol. The predicted molar refractivity (Wildman–Crippen MR) is 154 cm³/mol. The summed E-state index contributed by atoms with van der Waals surface area (Å²) in [4.78, 5) is 49.5. The minimum atomic E-state index is -1.73. The van der Waals surface area contributed by atoms with Crippen LogP contribution in [0.15, 0.2) is 23.8 Å². The van der Waals surface area contributed by atoms with E-state index in [0.29, 0.717) is 25.7 Å². The quantitative estimate of drug-likeness (QED) is 0.286. The van der Waals surface area contributed by atoms with Crippen LogP contribution in [0.5, 0.6) is 0 Å². The number of fused-ring (bicyclic) bond motifs is 5. The van der Waals surface area contributed by atoms with Crippen molar-refractivity contribution in [2.45, 2.75) is 110 Å². The number of carbonyl (C=O) groups is 4. The Labute approximate surface area is 249 Å². The predicted octanol–water partition coefficient (Wildman–Crippen LogP) is 4.87. The van der Waals surface area contributed by atoms with Gasteiger partial charge in [-0.3, -0.25) is 14.4 Å². The highest BCUT2D eigenvalue weighted by atomic mass is 16.7. The lowest BCUT2D eigenvalue weighted by Gasteiger charge is -2.60. The van der Waals surface area contributed by atoms with Crippen molar-refractivity contribution in [1.29, 1.82) is 0 Å². The van der Waals surface area contributed by atoms with Crippen molar-refractivity contribution in [2.24, 2.45) is 34.5 Å². The van der Waals surface area contributed by atoms with Gasteiger partial charge in [0.05, 0.1) is 12.7 Å². The Morgan fingerprint density at radius 3 is 2.50 bits per heavy atom. The first-order chi connectivity index (χ1) is 19.5. The van der Waals surface area contributed by atoms with Gasteiger partial charge in [-0.1, -0.05) is 32.4 Å². The molecule has 3 saturated carbocycles. The molecule has 0 aromatic heterocycles. The second kappa shape index (κ2) is 11.9. The van der Waals surface area contributed by atoms with E-state index in [0.717, 1.165) is 12.0 Å². The molecule has 2 N–H and O–H groups in total. The van der Waals surface area contributed by atoms with Crippen LogP contribution < -0.4 is 0 Å². The van der Waals surface area contributed by atoms with E-state index in [9.17, 15) is 29.4 Å². The number of aliphatic hydroxyl groups is 2. The third kappa shape index (κ3) is 6.09. The Balaban J connectivity index is 1.30. The highest BCUT2D eigenvalue weighted by Gasteiger charge is 2.68. The van der Waals surface area contributed by atoms with Gasteiger partial charge in [0.2, 0.25) is 5.78 Å². The Kier molecular flexibility index (Phi) is 9.16. The van der Waals surface area contributed by atoms with Crippen molar-refractivity contribution in [1.82, 2.24) is 0 Å². The van der Waals surface area contributed by atoms with Crippen LogP contribution >= 0.6 is 0 Å². The maximum Gasteiger partial charge on any atom is 0.508 e. The molecule has 9 nitrogen and oxygen atoms in total. The van der Waals surface area contributed by atoms with Gasteiger partial charge in [-0.05, 0) is 95.6 Å². The molecule has 4 aliphatic carbocycles. The molecular weight excluding hydrogens is 540 g/mol. The molecule has 234 valence electrons. The van der Waals surface area contributed by atoms with Crippen molar-refractivity contribution < 1.29 is 43.6 Å². The summed E-state index contributed by atoms with van der Waals surface area (Å²) < 4.78 is 15.5. The Bertz CT molecular complexity index is 1150. The molecule has 8 atom stereocenters. The molecule has 0 bridgehead atoms. The average Bonchev–Trinajstić information content (AvgIpc) is 3.15. The molecule has 0 unspecified atom stereocenters. The summed E-state index contributed by atoms with van der Waals surface area (Å²) in [6, 6.07) is 0. The number of allylic oxidation sites excluding steroid dienone is 4. The molecule has 0 aromatic rings. The van der Waals surface area contributed by atoms with Gasteiger partial charge in [-0.2, -0.15) is 0 Å². The van der Waals surface area contributed by atoms with E-state index >= 15 is 0 Å². The smallest absolute Gasteiger partial charge is 0.460 e. The summed E-state index contributed by atoms with van der Waals surface area (Å²) in [5.41, 5.74) is -2.53. The fourth-order valence-electron chi connectivity index (χ4n) is 8.59. The fourth-order valence-corrected chi connectivity index (χ4v) is 8.59. The molecule has 0 amide bonds. The number of unbranched alkanes of at least 4 members (excludes halogenated alkanes) is 2. The lowest BCUT2D eigenvalue weighted by molar-refractivity contribution is -0.180. The Morgan fingerprint density at radius 2 is 1.81 bits per heavy atom. The minimum absolute atomic E-state index is 0.000616. The molecule has 0 spiro atoms. The van der Waals surface area contributed by atoms with Crippen molar-refractivity contribution in [2.75, 3.05) is 13.2 Å². The molecule has 0 aliphatic heterocycles. The number of hydrogen-bond acceptors (Lipinski definition) is 9. The lowest BCUT2D eigenvalue weighted by atomic mass is 9.45. The van der Waals surface area contributed by atoms with E-state index in [1.807, 2.05) is 33.8 Å². The average molecular weight is 589 g/mol. The van der Waals surface area contributed by atoms with E-state index in [1.165, 1.54) is 0 Å². The van der Waals surface area contributed by atoms with E-state index < -0.39 is 46.7 Å². The third-order valence-electron chi connectivity index (χ3n) is 10.4. The highest BCUT2D eigenvalue weighted by Crippen LogP contribution is 2.67. The summed E-state index contributed by atoms with van der Waals surface area (Å²) in [6.07, 6.45) is 7.48. The van der Waals surface area contributed by atoms with Crippen molar-refractivity contribution in [3.8, 4) is 0 Å². The van der Waals surface area contributed by atoms with Gasteiger partial charge in [0.15, 0.2) is 12.4 Å². The third-order valence-corrected chi connectivity index (χ3v) is 10.4. The molecular formula is C33H48O9. The van der Waals surface area contributed by atoms with Crippen LogP contribution in [0.3, 0.4) is 0 Å². The van der Waals surface area contributed by atoms with Gasteiger partial charge in [0.1, 0.15) is 11.2 Å². The van der Waals surface area contributed by atoms with Crippen LogP contribution in [0.1, 0.15) is 92.9 Å². The topological polar surface area (TPSA) is 136 Å². The second-order valence-corrected chi connectivity index (χ2v) is 14.3. The SMILES string of the molecule is C[C@H]1C[C@@H]2[C@H]([C@@H](O)C[C@@]3(C)[C@H]2CC[C@]3(O)C(=O)COC(=O)OCCCCCC(=O)OC(C)(C)C)[C@@]2(C)C=CC(=O)C=C12. The van der Waals surface area contributed by atoms with Crippen LogP contribution in [0.4, 0.5) is 4.79 Å². The number of carbonyl (C=O) groups excluding carboxylic acids is 4. The molecule has 42 heavy (non-hydrogen) atoms. The normalized spacial score (nSPS) is 37.2.